The zero-order valence-corrected chi connectivity index (χ0v) is 17.3. The Balaban J connectivity index is 1.83. The van der Waals surface area contributed by atoms with E-state index >= 15 is 0 Å². The van der Waals surface area contributed by atoms with Gasteiger partial charge < -0.3 is 14.9 Å². The second-order valence-corrected chi connectivity index (χ2v) is 8.96. The van der Waals surface area contributed by atoms with Gasteiger partial charge in [0.25, 0.3) is 10.0 Å². The van der Waals surface area contributed by atoms with Crippen molar-refractivity contribution in [2.75, 3.05) is 17.5 Å². The Morgan fingerprint density at radius 2 is 1.90 bits per heavy atom. The first-order valence-corrected chi connectivity index (χ1v) is 11.0. The van der Waals surface area contributed by atoms with E-state index in [1.807, 2.05) is 0 Å². The number of anilines is 1. The summed E-state index contributed by atoms with van der Waals surface area (Å²) >= 11 is 0. The third-order valence-electron chi connectivity index (χ3n) is 4.93. The molecule has 0 saturated heterocycles. The van der Waals surface area contributed by atoms with E-state index < -0.39 is 22.0 Å². The molecule has 160 valence electrons. The minimum Gasteiger partial charge on any atom is -0.493 e. The molecule has 0 unspecified atom stereocenters. The topological polar surface area (TPSA) is 121 Å². The highest BCUT2D eigenvalue weighted by Crippen LogP contribution is 2.34. The Morgan fingerprint density at radius 1 is 1.13 bits per heavy atom. The maximum absolute atomic E-state index is 13.3. The molecule has 0 radical (unpaired) electrons. The molecule has 30 heavy (non-hydrogen) atoms. The van der Waals surface area contributed by atoms with E-state index in [4.69, 9.17) is 9.84 Å². The lowest BCUT2D eigenvalue weighted by atomic mass is 10.0. The molecule has 0 saturated carbocycles. The minimum absolute atomic E-state index is 0.00344. The normalized spacial score (nSPS) is 13.6. The number of fused-ring (bicyclic) bond motifs is 1. The largest absolute Gasteiger partial charge is 0.493 e. The fraction of sp³-hybridized carbons (Fsp3) is 0.333. The first-order valence-electron chi connectivity index (χ1n) is 9.54. The maximum Gasteiger partial charge on any atom is 0.335 e. The quantitative estimate of drug-likeness (QED) is 0.614. The van der Waals surface area contributed by atoms with Crippen LogP contribution in [0.1, 0.15) is 40.7 Å². The van der Waals surface area contributed by atoms with Gasteiger partial charge in [0.05, 0.1) is 22.8 Å². The summed E-state index contributed by atoms with van der Waals surface area (Å²) in [6.07, 6.45) is 1.57. The third-order valence-corrected chi connectivity index (χ3v) is 6.74. The first kappa shape index (κ1) is 21.6. The zero-order valence-electron chi connectivity index (χ0n) is 16.5. The number of benzene rings is 2. The molecular weight excluding hydrogens is 410 g/mol. The van der Waals surface area contributed by atoms with E-state index in [0.717, 1.165) is 0 Å². The molecule has 1 aliphatic heterocycles. The molecule has 8 nitrogen and oxygen atoms in total. The van der Waals surface area contributed by atoms with Crippen LogP contribution < -0.4 is 9.04 Å². The summed E-state index contributed by atoms with van der Waals surface area (Å²) in [6, 6.07) is 9.05. The van der Waals surface area contributed by atoms with Gasteiger partial charge >= 0.3 is 11.9 Å². The molecule has 2 N–H and O–H groups in total. The van der Waals surface area contributed by atoms with Crippen LogP contribution in [-0.4, -0.2) is 43.7 Å². The zero-order chi connectivity index (χ0) is 21.9. The summed E-state index contributed by atoms with van der Waals surface area (Å²) in [6.45, 7) is 2.27. The summed E-state index contributed by atoms with van der Waals surface area (Å²) in [5.74, 6) is -1.44. The summed E-state index contributed by atoms with van der Waals surface area (Å²) in [4.78, 5) is 21.9. The van der Waals surface area contributed by atoms with Crippen LogP contribution >= 0.6 is 0 Å². The molecule has 9 heteroatoms. The van der Waals surface area contributed by atoms with Crippen LogP contribution in [0.25, 0.3) is 0 Å². The smallest absolute Gasteiger partial charge is 0.335 e. The number of aryl methyl sites for hydroxylation is 2. The number of carbonyl (C=O) groups is 2. The average molecular weight is 433 g/mol. The molecule has 3 rings (SSSR count). The Morgan fingerprint density at radius 3 is 2.57 bits per heavy atom. The summed E-state index contributed by atoms with van der Waals surface area (Å²) in [7, 11) is -3.83. The number of hydrogen-bond donors (Lipinski definition) is 2. The van der Waals surface area contributed by atoms with Gasteiger partial charge in [-0.15, -0.1) is 0 Å². The van der Waals surface area contributed by atoms with Crippen molar-refractivity contribution in [3.05, 3.63) is 53.1 Å². The molecule has 0 fully saturated rings. The Kier molecular flexibility index (Phi) is 6.31. The van der Waals surface area contributed by atoms with Gasteiger partial charge in [0.2, 0.25) is 0 Å². The molecule has 0 aromatic heterocycles. The highest BCUT2D eigenvalue weighted by Gasteiger charge is 2.30. The SMILES string of the molecule is Cc1cc(S(=O)(=O)N2CCCc3cc(C(=O)O)ccc32)ccc1OCCCC(=O)O. The third kappa shape index (κ3) is 4.56. The van der Waals surface area contributed by atoms with E-state index in [1.54, 1.807) is 19.1 Å². The standard InChI is InChI=1S/C21H23NO7S/c1-14-12-17(7-9-19(14)29-11-3-5-20(23)24)30(27,28)22-10-2-4-15-13-16(21(25)26)6-8-18(15)22/h6-9,12-13H,2-5,10-11H2,1H3,(H,23,24)(H,25,26). The highest BCUT2D eigenvalue weighted by atomic mass is 32.2. The molecule has 0 spiro atoms. The van der Waals surface area contributed by atoms with Gasteiger partial charge in [0.15, 0.2) is 0 Å². The Labute approximate surface area is 174 Å². The molecule has 0 bridgehead atoms. The number of rotatable bonds is 8. The van der Waals surface area contributed by atoms with Crippen LogP contribution in [0.4, 0.5) is 5.69 Å². The fourth-order valence-electron chi connectivity index (χ4n) is 3.42. The van der Waals surface area contributed by atoms with Crippen molar-refractivity contribution >= 4 is 27.6 Å². The van der Waals surface area contributed by atoms with Crippen molar-refractivity contribution in [3.8, 4) is 5.75 Å². The van der Waals surface area contributed by atoms with Crippen molar-refractivity contribution in [1.82, 2.24) is 0 Å². The van der Waals surface area contributed by atoms with Gasteiger partial charge in [0, 0.05) is 13.0 Å². The van der Waals surface area contributed by atoms with Crippen LogP contribution in [0.5, 0.6) is 5.75 Å². The van der Waals surface area contributed by atoms with Crippen LogP contribution in [0.15, 0.2) is 41.3 Å². The minimum atomic E-state index is -3.83. The van der Waals surface area contributed by atoms with Gasteiger partial charge in [0.1, 0.15) is 5.75 Å². The lowest BCUT2D eigenvalue weighted by Gasteiger charge is -2.30. The molecule has 1 aliphatic rings. The van der Waals surface area contributed by atoms with Crippen molar-refractivity contribution in [3.63, 3.8) is 0 Å². The number of nitrogens with zero attached hydrogens (tertiary/aromatic N) is 1. The summed E-state index contributed by atoms with van der Waals surface area (Å²) in [5, 5.41) is 17.8. The summed E-state index contributed by atoms with van der Waals surface area (Å²) in [5.41, 5.74) is 1.95. The average Bonchev–Trinajstić information content (AvgIpc) is 2.70. The maximum atomic E-state index is 13.3. The number of hydrogen-bond acceptors (Lipinski definition) is 5. The van der Waals surface area contributed by atoms with Crippen molar-refractivity contribution < 1.29 is 33.0 Å². The van der Waals surface area contributed by atoms with Gasteiger partial charge in [-0.2, -0.15) is 0 Å². The number of sulfonamides is 1. The molecule has 2 aromatic carbocycles. The lowest BCUT2D eigenvalue weighted by Crippen LogP contribution is -2.35. The molecule has 0 atom stereocenters. The number of carboxylic acid groups (broad SMARTS) is 2. The van der Waals surface area contributed by atoms with E-state index in [0.29, 0.717) is 48.4 Å². The van der Waals surface area contributed by atoms with E-state index in [2.05, 4.69) is 0 Å². The Hall–Kier alpha value is -3.07. The molecule has 0 amide bonds. The Bertz CT molecular complexity index is 1080. The van der Waals surface area contributed by atoms with Crippen LogP contribution in [0, 0.1) is 6.92 Å². The van der Waals surface area contributed by atoms with Gasteiger partial charge in [-0.1, -0.05) is 0 Å². The second-order valence-electron chi connectivity index (χ2n) is 7.10. The number of aromatic carboxylic acids is 1. The molecule has 2 aromatic rings. The van der Waals surface area contributed by atoms with E-state index in [1.165, 1.54) is 28.6 Å². The molecule has 1 heterocycles. The van der Waals surface area contributed by atoms with Crippen LogP contribution in [-0.2, 0) is 21.2 Å². The summed E-state index contributed by atoms with van der Waals surface area (Å²) < 4.78 is 33.4. The monoisotopic (exact) mass is 433 g/mol. The van der Waals surface area contributed by atoms with Crippen molar-refractivity contribution in [2.45, 2.75) is 37.5 Å². The van der Waals surface area contributed by atoms with Crippen LogP contribution in [0.3, 0.4) is 0 Å². The number of ether oxygens (including phenoxy) is 1. The van der Waals surface area contributed by atoms with Crippen molar-refractivity contribution in [2.24, 2.45) is 0 Å². The van der Waals surface area contributed by atoms with Gasteiger partial charge in [-0.05, 0) is 73.7 Å². The molecule has 0 aliphatic carbocycles. The van der Waals surface area contributed by atoms with Crippen LogP contribution in [0.2, 0.25) is 0 Å². The predicted octanol–water partition coefficient (Wildman–Crippen LogP) is 3.08. The van der Waals surface area contributed by atoms with Gasteiger partial charge in [-0.25, -0.2) is 13.2 Å². The van der Waals surface area contributed by atoms with E-state index in [-0.39, 0.29) is 23.5 Å². The number of carboxylic acids is 2. The molecular formula is C21H23NO7S. The number of aliphatic carboxylic acids is 1. The second kappa shape index (κ2) is 8.74. The van der Waals surface area contributed by atoms with E-state index in [9.17, 15) is 23.1 Å². The van der Waals surface area contributed by atoms with Gasteiger partial charge in [-0.3, -0.25) is 9.10 Å². The van der Waals surface area contributed by atoms with Crippen molar-refractivity contribution in [1.29, 1.82) is 0 Å². The highest BCUT2D eigenvalue weighted by molar-refractivity contribution is 7.92. The fourth-order valence-corrected chi connectivity index (χ4v) is 5.05. The lowest BCUT2D eigenvalue weighted by molar-refractivity contribution is -0.137. The first-order chi connectivity index (χ1) is 14.2. The predicted molar refractivity (Wildman–Crippen MR) is 110 cm³/mol.